The van der Waals surface area contributed by atoms with Crippen molar-refractivity contribution in [2.45, 2.75) is 24.4 Å². The summed E-state index contributed by atoms with van der Waals surface area (Å²) >= 11 is 1.29. The second-order valence-corrected chi connectivity index (χ2v) is 7.81. The van der Waals surface area contributed by atoms with Crippen molar-refractivity contribution in [3.8, 4) is 10.6 Å². The van der Waals surface area contributed by atoms with Gasteiger partial charge in [0.15, 0.2) is 0 Å². The summed E-state index contributed by atoms with van der Waals surface area (Å²) in [5.74, 6) is -0.952. The molecule has 1 aromatic carbocycles. The molecule has 0 aliphatic heterocycles. The van der Waals surface area contributed by atoms with Gasteiger partial charge in [-0.3, -0.25) is 9.78 Å². The molecule has 1 aliphatic carbocycles. The van der Waals surface area contributed by atoms with E-state index in [2.05, 4.69) is 20.5 Å². The Balaban J connectivity index is 1.52. The monoisotopic (exact) mass is 401 g/mol. The van der Waals surface area contributed by atoms with E-state index in [1.807, 2.05) is 0 Å². The molecule has 144 valence electrons. The molecular formula is C19H17F2N5OS. The van der Waals surface area contributed by atoms with Gasteiger partial charge >= 0.3 is 0 Å². The number of hydrogen-bond acceptors (Lipinski definition) is 6. The number of benzene rings is 1. The van der Waals surface area contributed by atoms with Crippen LogP contribution in [-0.4, -0.2) is 33.8 Å². The lowest BCUT2D eigenvalue weighted by molar-refractivity contribution is 0.0964. The zero-order chi connectivity index (χ0) is 19.7. The summed E-state index contributed by atoms with van der Waals surface area (Å²) in [6, 6.07) is 9.66. The Hall–Kier alpha value is -2.94. The third-order valence-corrected chi connectivity index (χ3v) is 5.81. The molecule has 0 atom stereocenters. The molecule has 28 heavy (non-hydrogen) atoms. The van der Waals surface area contributed by atoms with Crippen molar-refractivity contribution in [1.29, 1.82) is 0 Å². The molecule has 1 saturated carbocycles. The molecule has 6 nitrogen and oxygen atoms in total. The van der Waals surface area contributed by atoms with E-state index in [4.69, 9.17) is 5.73 Å². The molecule has 0 unspecified atom stereocenters. The summed E-state index contributed by atoms with van der Waals surface area (Å²) in [5.41, 5.74) is 5.98. The standard InChI is InChI=1S/C19H17F2N5OS/c20-13-8-19(9-13,15-14(21)5-2-6-23-15)10-24-18-26-25-17(28-18)12-4-1-3-11(7-12)16(22)27/h1-7,13H,8-10H2,(H2,22,27)(H,24,26)/t13-,19+. The summed E-state index contributed by atoms with van der Waals surface area (Å²) in [5, 5.41) is 12.5. The Bertz CT molecular complexity index is 1020. The maximum Gasteiger partial charge on any atom is 0.248 e. The molecule has 3 N–H and O–H groups in total. The minimum absolute atomic E-state index is 0.209. The van der Waals surface area contributed by atoms with E-state index >= 15 is 0 Å². The lowest BCUT2D eigenvalue weighted by Crippen LogP contribution is -2.48. The number of rotatable bonds is 6. The number of halogens is 2. The predicted octanol–water partition coefficient (Wildman–Crippen LogP) is 3.32. The summed E-state index contributed by atoms with van der Waals surface area (Å²) < 4.78 is 27.9. The highest BCUT2D eigenvalue weighted by molar-refractivity contribution is 7.18. The van der Waals surface area contributed by atoms with Gasteiger partial charge in [0, 0.05) is 29.3 Å². The van der Waals surface area contributed by atoms with Gasteiger partial charge in [0.05, 0.1) is 5.69 Å². The second-order valence-electron chi connectivity index (χ2n) is 6.83. The molecule has 1 amide bonds. The van der Waals surface area contributed by atoms with Gasteiger partial charge in [-0.1, -0.05) is 23.5 Å². The normalized spacial score (nSPS) is 21.1. The fourth-order valence-electron chi connectivity index (χ4n) is 3.45. The number of carbonyl (C=O) groups excluding carboxylic acids is 1. The first-order chi connectivity index (χ1) is 13.5. The van der Waals surface area contributed by atoms with E-state index < -0.39 is 23.3 Å². The van der Waals surface area contributed by atoms with Crippen LogP contribution in [0.1, 0.15) is 28.9 Å². The smallest absolute Gasteiger partial charge is 0.248 e. The molecule has 3 aromatic rings. The van der Waals surface area contributed by atoms with Gasteiger partial charge in [-0.15, -0.1) is 10.2 Å². The number of alkyl halides is 1. The molecule has 1 aliphatic rings. The first-order valence-corrected chi connectivity index (χ1v) is 9.51. The molecule has 0 radical (unpaired) electrons. The van der Waals surface area contributed by atoms with E-state index in [0.717, 1.165) is 5.56 Å². The molecule has 9 heteroatoms. The number of amides is 1. The third kappa shape index (κ3) is 3.45. The van der Waals surface area contributed by atoms with Crippen LogP contribution < -0.4 is 11.1 Å². The lowest BCUT2D eigenvalue weighted by Gasteiger charge is -2.43. The summed E-state index contributed by atoms with van der Waals surface area (Å²) in [6.45, 7) is 0.303. The molecular weight excluding hydrogens is 384 g/mol. The van der Waals surface area contributed by atoms with Crippen LogP contribution >= 0.6 is 11.3 Å². The fourth-order valence-corrected chi connectivity index (χ4v) is 4.18. The average molecular weight is 401 g/mol. The van der Waals surface area contributed by atoms with E-state index in [0.29, 0.717) is 22.2 Å². The van der Waals surface area contributed by atoms with E-state index in [1.165, 1.54) is 29.7 Å². The van der Waals surface area contributed by atoms with Gasteiger partial charge in [-0.05, 0) is 37.1 Å². The SMILES string of the molecule is NC(=O)c1cccc(-c2nnc(NC[C@]3(c4ncccc4F)C[C@@H](F)C3)s2)c1. The van der Waals surface area contributed by atoms with Crippen LogP contribution in [0.15, 0.2) is 42.6 Å². The number of hydrogen-bond donors (Lipinski definition) is 2. The zero-order valence-corrected chi connectivity index (χ0v) is 15.5. The van der Waals surface area contributed by atoms with E-state index in [1.54, 1.807) is 24.3 Å². The van der Waals surface area contributed by atoms with Crippen molar-refractivity contribution >= 4 is 22.4 Å². The van der Waals surface area contributed by atoms with Crippen molar-refractivity contribution in [3.63, 3.8) is 0 Å². The molecule has 2 heterocycles. The third-order valence-electron chi connectivity index (χ3n) is 4.88. The molecule has 1 fully saturated rings. The maximum absolute atomic E-state index is 14.2. The Morgan fingerprint density at radius 1 is 1.29 bits per heavy atom. The minimum Gasteiger partial charge on any atom is -0.366 e. The molecule has 0 spiro atoms. The Labute approximate surface area is 163 Å². The van der Waals surface area contributed by atoms with Crippen LogP contribution in [0.25, 0.3) is 10.6 Å². The number of pyridine rings is 1. The average Bonchev–Trinajstić information content (AvgIpc) is 3.14. The molecule has 0 saturated heterocycles. The Kier molecular flexibility index (Phi) is 4.76. The van der Waals surface area contributed by atoms with Crippen molar-refractivity contribution < 1.29 is 13.6 Å². The van der Waals surface area contributed by atoms with Crippen molar-refractivity contribution in [1.82, 2.24) is 15.2 Å². The van der Waals surface area contributed by atoms with Crippen LogP contribution in [0.4, 0.5) is 13.9 Å². The van der Waals surface area contributed by atoms with Gasteiger partial charge in [-0.25, -0.2) is 8.78 Å². The second kappa shape index (κ2) is 7.23. The predicted molar refractivity (Wildman–Crippen MR) is 102 cm³/mol. The molecule has 2 aromatic heterocycles. The summed E-state index contributed by atoms with van der Waals surface area (Å²) in [6.07, 6.45) is 0.964. The summed E-state index contributed by atoms with van der Waals surface area (Å²) in [4.78, 5) is 15.5. The fraction of sp³-hybridized carbons (Fsp3) is 0.263. The lowest BCUT2D eigenvalue weighted by atomic mass is 9.65. The van der Waals surface area contributed by atoms with Gasteiger partial charge in [-0.2, -0.15) is 0 Å². The number of primary amides is 1. The highest BCUT2D eigenvalue weighted by atomic mass is 32.1. The minimum atomic E-state index is -0.968. The van der Waals surface area contributed by atoms with Gasteiger partial charge in [0.2, 0.25) is 11.0 Å². The van der Waals surface area contributed by atoms with Gasteiger partial charge < -0.3 is 11.1 Å². The van der Waals surface area contributed by atoms with Crippen molar-refractivity contribution in [3.05, 3.63) is 59.7 Å². The van der Waals surface area contributed by atoms with Gasteiger partial charge in [0.25, 0.3) is 0 Å². The molecule has 0 bridgehead atoms. The largest absolute Gasteiger partial charge is 0.366 e. The van der Waals surface area contributed by atoms with E-state index in [9.17, 15) is 13.6 Å². The number of nitrogens with two attached hydrogens (primary N) is 1. The maximum atomic E-state index is 14.2. The zero-order valence-electron chi connectivity index (χ0n) is 14.7. The quantitative estimate of drug-likeness (QED) is 0.661. The van der Waals surface area contributed by atoms with Crippen LogP contribution in [0.5, 0.6) is 0 Å². The van der Waals surface area contributed by atoms with Crippen LogP contribution in [0.2, 0.25) is 0 Å². The summed E-state index contributed by atoms with van der Waals surface area (Å²) in [7, 11) is 0. The van der Waals surface area contributed by atoms with Gasteiger partial charge in [0.1, 0.15) is 17.0 Å². The van der Waals surface area contributed by atoms with Crippen molar-refractivity contribution in [2.75, 3.05) is 11.9 Å². The number of nitrogens with one attached hydrogen (secondary N) is 1. The van der Waals surface area contributed by atoms with Crippen LogP contribution in [0.3, 0.4) is 0 Å². The molecule has 4 rings (SSSR count). The first kappa shape index (κ1) is 18.4. The Morgan fingerprint density at radius 3 is 2.82 bits per heavy atom. The number of nitrogens with zero attached hydrogens (tertiary/aromatic N) is 3. The Morgan fingerprint density at radius 2 is 2.11 bits per heavy atom. The number of carbonyl (C=O) groups is 1. The topological polar surface area (TPSA) is 93.8 Å². The van der Waals surface area contributed by atoms with Crippen LogP contribution in [0, 0.1) is 5.82 Å². The van der Waals surface area contributed by atoms with Crippen LogP contribution in [-0.2, 0) is 5.41 Å². The van der Waals surface area contributed by atoms with Crippen molar-refractivity contribution in [2.24, 2.45) is 5.73 Å². The number of aromatic nitrogens is 3. The highest BCUT2D eigenvalue weighted by Gasteiger charge is 2.48. The van der Waals surface area contributed by atoms with E-state index in [-0.39, 0.29) is 18.5 Å². The number of anilines is 1. The first-order valence-electron chi connectivity index (χ1n) is 8.69. The highest BCUT2D eigenvalue weighted by Crippen LogP contribution is 2.45.